The van der Waals surface area contributed by atoms with Crippen molar-refractivity contribution in [2.45, 2.75) is 12.8 Å². The number of aliphatic imine (C=N–C) groups is 1. The zero-order chi connectivity index (χ0) is 12.5. The first-order valence-electron chi connectivity index (χ1n) is 5.78. The second-order valence-corrected chi connectivity index (χ2v) is 5.46. The molecule has 2 aromatic rings. The minimum absolute atomic E-state index is 0.0205. The van der Waals surface area contributed by atoms with Gasteiger partial charge in [-0.1, -0.05) is 0 Å². The summed E-state index contributed by atoms with van der Waals surface area (Å²) in [5.41, 5.74) is 0.799. The molecule has 1 aromatic heterocycles. The molecule has 0 saturated heterocycles. The predicted octanol–water partition coefficient (Wildman–Crippen LogP) is 2.64. The SMILES string of the molecule is O=C1CN=CCC1Cc1nc2ccc(F)cc2s1. The Balaban J connectivity index is 1.86. The van der Waals surface area contributed by atoms with Crippen LogP contribution >= 0.6 is 11.3 Å². The van der Waals surface area contributed by atoms with Crippen molar-refractivity contribution in [1.82, 2.24) is 4.98 Å². The molecule has 1 aliphatic heterocycles. The van der Waals surface area contributed by atoms with Crippen LogP contribution in [0.25, 0.3) is 10.2 Å². The highest BCUT2D eigenvalue weighted by Crippen LogP contribution is 2.26. The van der Waals surface area contributed by atoms with Gasteiger partial charge in [0.15, 0.2) is 5.78 Å². The van der Waals surface area contributed by atoms with Crippen molar-refractivity contribution in [3.8, 4) is 0 Å². The van der Waals surface area contributed by atoms with Gasteiger partial charge in [0.1, 0.15) is 5.82 Å². The monoisotopic (exact) mass is 262 g/mol. The third-order valence-electron chi connectivity index (χ3n) is 3.04. The number of benzene rings is 1. The summed E-state index contributed by atoms with van der Waals surface area (Å²) in [6.45, 7) is 0.282. The quantitative estimate of drug-likeness (QED) is 0.835. The fourth-order valence-electron chi connectivity index (χ4n) is 2.06. The van der Waals surface area contributed by atoms with Crippen molar-refractivity contribution >= 4 is 33.6 Å². The second-order valence-electron chi connectivity index (χ2n) is 4.35. The number of aromatic nitrogens is 1. The van der Waals surface area contributed by atoms with Gasteiger partial charge in [0.05, 0.1) is 21.8 Å². The highest BCUT2D eigenvalue weighted by atomic mass is 32.1. The van der Waals surface area contributed by atoms with Crippen molar-refractivity contribution < 1.29 is 9.18 Å². The van der Waals surface area contributed by atoms with Crippen LogP contribution in [0.2, 0.25) is 0 Å². The van der Waals surface area contributed by atoms with Crippen molar-refractivity contribution in [2.24, 2.45) is 10.9 Å². The number of carbonyl (C=O) groups excluding carboxylic acids is 1. The molecule has 0 fully saturated rings. The molecule has 1 unspecified atom stereocenters. The molecule has 0 saturated carbocycles. The summed E-state index contributed by atoms with van der Waals surface area (Å²) in [7, 11) is 0. The lowest BCUT2D eigenvalue weighted by Gasteiger charge is -2.13. The molecular weight excluding hydrogens is 251 g/mol. The van der Waals surface area contributed by atoms with Gasteiger partial charge in [0, 0.05) is 12.3 Å². The fourth-order valence-corrected chi connectivity index (χ4v) is 3.13. The number of halogens is 1. The lowest BCUT2D eigenvalue weighted by molar-refractivity contribution is -0.121. The molecule has 18 heavy (non-hydrogen) atoms. The van der Waals surface area contributed by atoms with Crippen molar-refractivity contribution in [3.63, 3.8) is 0 Å². The van der Waals surface area contributed by atoms with Gasteiger partial charge in [-0.3, -0.25) is 9.79 Å². The maximum Gasteiger partial charge on any atom is 0.158 e. The molecule has 1 aromatic carbocycles. The van der Waals surface area contributed by atoms with Gasteiger partial charge < -0.3 is 0 Å². The van der Waals surface area contributed by atoms with Crippen LogP contribution in [0.1, 0.15) is 11.4 Å². The van der Waals surface area contributed by atoms with E-state index in [1.54, 1.807) is 12.3 Å². The molecule has 2 heterocycles. The highest BCUT2D eigenvalue weighted by molar-refractivity contribution is 7.18. The molecule has 3 rings (SSSR count). The molecule has 0 N–H and O–H groups in total. The van der Waals surface area contributed by atoms with E-state index in [9.17, 15) is 9.18 Å². The van der Waals surface area contributed by atoms with Gasteiger partial charge in [0.25, 0.3) is 0 Å². The Hall–Kier alpha value is -1.62. The summed E-state index contributed by atoms with van der Waals surface area (Å²) >= 11 is 1.46. The summed E-state index contributed by atoms with van der Waals surface area (Å²) in [5.74, 6) is -0.102. The van der Waals surface area contributed by atoms with Crippen molar-refractivity contribution in [2.75, 3.05) is 6.54 Å². The van der Waals surface area contributed by atoms with E-state index in [1.165, 1.54) is 23.5 Å². The Morgan fingerprint density at radius 2 is 2.33 bits per heavy atom. The van der Waals surface area contributed by atoms with Crippen LogP contribution in [-0.2, 0) is 11.2 Å². The number of rotatable bonds is 2. The van der Waals surface area contributed by atoms with E-state index in [-0.39, 0.29) is 24.1 Å². The first-order valence-corrected chi connectivity index (χ1v) is 6.60. The lowest BCUT2D eigenvalue weighted by Crippen LogP contribution is -2.23. The number of carbonyl (C=O) groups is 1. The lowest BCUT2D eigenvalue weighted by atomic mass is 9.95. The zero-order valence-corrected chi connectivity index (χ0v) is 10.4. The largest absolute Gasteiger partial charge is 0.297 e. The number of ketones is 1. The van der Waals surface area contributed by atoms with Crippen LogP contribution in [0.4, 0.5) is 4.39 Å². The standard InChI is InChI=1S/C13H11FN2OS/c14-9-1-2-10-12(6-9)18-13(16-10)5-8-3-4-15-7-11(8)17/h1-2,4,6,8H,3,5,7H2. The van der Waals surface area contributed by atoms with Gasteiger partial charge in [-0.15, -0.1) is 11.3 Å². The molecule has 5 heteroatoms. The minimum atomic E-state index is -0.251. The van der Waals surface area contributed by atoms with E-state index in [0.717, 1.165) is 15.2 Å². The first-order chi connectivity index (χ1) is 8.72. The molecular formula is C13H11FN2OS. The van der Waals surface area contributed by atoms with Crippen LogP contribution in [0.3, 0.4) is 0 Å². The zero-order valence-electron chi connectivity index (χ0n) is 9.60. The summed E-state index contributed by atoms with van der Waals surface area (Å²) in [4.78, 5) is 20.1. The Morgan fingerprint density at radius 3 is 3.17 bits per heavy atom. The van der Waals surface area contributed by atoms with Crippen LogP contribution in [-0.4, -0.2) is 23.5 Å². The summed E-state index contributed by atoms with van der Waals surface area (Å²) in [5, 5.41) is 0.893. The van der Waals surface area contributed by atoms with E-state index in [0.29, 0.717) is 12.8 Å². The predicted molar refractivity (Wildman–Crippen MR) is 69.8 cm³/mol. The number of hydrogen-bond acceptors (Lipinski definition) is 4. The summed E-state index contributed by atoms with van der Waals surface area (Å²) in [6, 6.07) is 4.57. The minimum Gasteiger partial charge on any atom is -0.297 e. The molecule has 1 aliphatic rings. The molecule has 3 nitrogen and oxygen atoms in total. The third-order valence-corrected chi connectivity index (χ3v) is 4.08. The average molecular weight is 262 g/mol. The maximum absolute atomic E-state index is 13.1. The normalized spacial score (nSPS) is 19.6. The Kier molecular flexibility index (Phi) is 2.91. The van der Waals surface area contributed by atoms with Gasteiger partial charge in [-0.2, -0.15) is 0 Å². The summed E-state index contributed by atoms with van der Waals surface area (Å²) in [6.07, 6.45) is 3.12. The van der Waals surface area contributed by atoms with Crippen LogP contribution in [0.15, 0.2) is 23.2 Å². The molecule has 1 atom stereocenters. The van der Waals surface area contributed by atoms with E-state index < -0.39 is 0 Å². The van der Waals surface area contributed by atoms with Crippen molar-refractivity contribution in [1.29, 1.82) is 0 Å². The first kappa shape index (κ1) is 11.5. The number of fused-ring (bicyclic) bond motifs is 1. The van der Waals surface area contributed by atoms with Crippen molar-refractivity contribution in [3.05, 3.63) is 29.0 Å². The average Bonchev–Trinajstić information content (AvgIpc) is 2.73. The van der Waals surface area contributed by atoms with Gasteiger partial charge in [-0.25, -0.2) is 9.37 Å². The van der Waals surface area contributed by atoms with E-state index in [4.69, 9.17) is 0 Å². The molecule has 0 aliphatic carbocycles. The fraction of sp³-hybridized carbons (Fsp3) is 0.308. The Bertz CT molecular complexity index is 635. The highest BCUT2D eigenvalue weighted by Gasteiger charge is 2.21. The van der Waals surface area contributed by atoms with E-state index >= 15 is 0 Å². The van der Waals surface area contributed by atoms with Gasteiger partial charge in [-0.05, 0) is 30.8 Å². The Labute approximate surface area is 107 Å². The van der Waals surface area contributed by atoms with Crippen LogP contribution in [0.5, 0.6) is 0 Å². The summed E-state index contributed by atoms with van der Waals surface area (Å²) < 4.78 is 13.9. The molecule has 0 bridgehead atoms. The number of Topliss-reactive ketones (excluding diaryl/α,β-unsaturated/α-hetero) is 1. The molecule has 0 amide bonds. The molecule has 0 radical (unpaired) electrons. The van der Waals surface area contributed by atoms with Crippen LogP contribution < -0.4 is 0 Å². The van der Waals surface area contributed by atoms with E-state index in [1.807, 2.05) is 0 Å². The number of thiazole rings is 1. The topological polar surface area (TPSA) is 42.3 Å². The van der Waals surface area contributed by atoms with Crippen LogP contribution in [0, 0.1) is 11.7 Å². The van der Waals surface area contributed by atoms with Gasteiger partial charge >= 0.3 is 0 Å². The van der Waals surface area contributed by atoms with E-state index in [2.05, 4.69) is 9.98 Å². The maximum atomic E-state index is 13.1. The smallest absolute Gasteiger partial charge is 0.158 e. The second kappa shape index (κ2) is 4.57. The Morgan fingerprint density at radius 1 is 1.44 bits per heavy atom. The molecule has 0 spiro atoms. The molecule has 92 valence electrons. The van der Waals surface area contributed by atoms with Gasteiger partial charge in [0.2, 0.25) is 0 Å². The third kappa shape index (κ3) is 2.18. The number of hydrogen-bond donors (Lipinski definition) is 0. The number of nitrogens with zero attached hydrogens (tertiary/aromatic N) is 2.